The van der Waals surface area contributed by atoms with Crippen molar-refractivity contribution in [2.24, 2.45) is 0 Å². The molecule has 1 N–H and O–H groups in total. The smallest absolute Gasteiger partial charge is 0.259 e. The van der Waals surface area contributed by atoms with E-state index in [9.17, 15) is 9.59 Å². The number of nitrogens with zero attached hydrogens (tertiary/aromatic N) is 2. The number of carbonyl (C=O) groups is 2. The molecule has 29 heavy (non-hydrogen) atoms. The fourth-order valence-corrected chi connectivity index (χ4v) is 3.90. The fraction of sp³-hybridized carbons (Fsp3) is 0.333. The molecule has 2 amide bonds. The molecule has 8 heteroatoms. The molecule has 0 aromatic heterocycles. The lowest BCUT2D eigenvalue weighted by molar-refractivity contribution is -0.131. The molecule has 0 atom stereocenters. The predicted molar refractivity (Wildman–Crippen MR) is 116 cm³/mol. The molecule has 2 aromatic carbocycles. The number of anilines is 2. The van der Waals surface area contributed by atoms with E-state index in [1.54, 1.807) is 0 Å². The summed E-state index contributed by atoms with van der Waals surface area (Å²) in [5.74, 6) is 0.120. The van der Waals surface area contributed by atoms with Crippen LogP contribution in [0.25, 0.3) is 0 Å². The van der Waals surface area contributed by atoms with Crippen molar-refractivity contribution < 1.29 is 14.3 Å². The van der Waals surface area contributed by atoms with E-state index in [1.165, 1.54) is 19.2 Å². The van der Waals surface area contributed by atoms with Crippen molar-refractivity contribution in [1.82, 2.24) is 4.90 Å². The topological polar surface area (TPSA) is 61.9 Å². The van der Waals surface area contributed by atoms with Gasteiger partial charge in [0.25, 0.3) is 5.91 Å². The number of hydrogen-bond donors (Lipinski definition) is 1. The van der Waals surface area contributed by atoms with Crippen LogP contribution in [0.5, 0.6) is 5.75 Å². The molecule has 0 bridgehead atoms. The zero-order chi connectivity index (χ0) is 21.0. The molecule has 0 aliphatic carbocycles. The second-order valence-corrected chi connectivity index (χ2v) is 7.53. The van der Waals surface area contributed by atoms with E-state index >= 15 is 0 Å². The Morgan fingerprint density at radius 3 is 2.31 bits per heavy atom. The van der Waals surface area contributed by atoms with Gasteiger partial charge in [-0.25, -0.2) is 0 Å². The third-order valence-electron chi connectivity index (χ3n) is 4.88. The standard InChI is InChI=1S/C21H23Cl2N3O3/c1-3-19(27)26-10-8-25(9-11-26)16-6-4-15(5-7-16)24-21(28)17-12-14(22)13-18(23)20(17)29-2/h4-7,12-13H,3,8-11H2,1-2H3,(H,24,28). The predicted octanol–water partition coefficient (Wildman–Crippen LogP) is 4.31. The van der Waals surface area contributed by atoms with Crippen LogP contribution in [0, 0.1) is 0 Å². The lowest BCUT2D eigenvalue weighted by Crippen LogP contribution is -2.48. The van der Waals surface area contributed by atoms with Crippen molar-refractivity contribution in [2.45, 2.75) is 13.3 Å². The molecule has 0 radical (unpaired) electrons. The Morgan fingerprint density at radius 1 is 1.07 bits per heavy atom. The minimum atomic E-state index is -0.356. The first-order valence-corrected chi connectivity index (χ1v) is 10.2. The molecule has 1 saturated heterocycles. The second kappa shape index (κ2) is 9.37. The normalized spacial score (nSPS) is 13.9. The summed E-state index contributed by atoms with van der Waals surface area (Å²) in [5.41, 5.74) is 1.97. The number of hydrogen-bond acceptors (Lipinski definition) is 4. The molecule has 1 aliphatic rings. The Balaban J connectivity index is 1.66. The number of rotatable bonds is 5. The van der Waals surface area contributed by atoms with Gasteiger partial charge >= 0.3 is 0 Å². The highest BCUT2D eigenvalue weighted by atomic mass is 35.5. The van der Waals surface area contributed by atoms with E-state index in [4.69, 9.17) is 27.9 Å². The molecular formula is C21H23Cl2N3O3. The third-order valence-corrected chi connectivity index (χ3v) is 5.38. The van der Waals surface area contributed by atoms with Crippen LogP contribution >= 0.6 is 23.2 Å². The van der Waals surface area contributed by atoms with Crippen LogP contribution in [-0.2, 0) is 4.79 Å². The Bertz CT molecular complexity index is 895. The highest BCUT2D eigenvalue weighted by Crippen LogP contribution is 2.32. The van der Waals surface area contributed by atoms with Gasteiger partial charge in [-0.3, -0.25) is 9.59 Å². The van der Waals surface area contributed by atoms with Gasteiger partial charge in [0.1, 0.15) is 5.75 Å². The van der Waals surface area contributed by atoms with Gasteiger partial charge in [0.2, 0.25) is 5.91 Å². The minimum absolute atomic E-state index is 0.194. The quantitative estimate of drug-likeness (QED) is 0.759. The van der Waals surface area contributed by atoms with Gasteiger partial charge in [-0.05, 0) is 36.4 Å². The molecule has 1 heterocycles. The Morgan fingerprint density at radius 2 is 1.72 bits per heavy atom. The van der Waals surface area contributed by atoms with Crippen LogP contribution < -0.4 is 15.0 Å². The van der Waals surface area contributed by atoms with E-state index in [1.807, 2.05) is 36.1 Å². The molecule has 1 fully saturated rings. The maximum absolute atomic E-state index is 12.7. The number of amides is 2. The van der Waals surface area contributed by atoms with Crippen molar-refractivity contribution in [2.75, 3.05) is 43.5 Å². The number of piperazine rings is 1. The van der Waals surface area contributed by atoms with Crippen LogP contribution in [-0.4, -0.2) is 50.0 Å². The van der Waals surface area contributed by atoms with Crippen LogP contribution in [0.3, 0.4) is 0 Å². The van der Waals surface area contributed by atoms with Gasteiger partial charge in [-0.1, -0.05) is 30.1 Å². The lowest BCUT2D eigenvalue weighted by atomic mass is 10.1. The molecule has 3 rings (SSSR count). The maximum atomic E-state index is 12.7. The summed E-state index contributed by atoms with van der Waals surface area (Å²) in [4.78, 5) is 28.6. The second-order valence-electron chi connectivity index (χ2n) is 6.69. The Labute approximate surface area is 180 Å². The zero-order valence-corrected chi connectivity index (χ0v) is 17.9. The SMILES string of the molecule is CCC(=O)N1CCN(c2ccc(NC(=O)c3cc(Cl)cc(Cl)c3OC)cc2)CC1. The van der Waals surface area contributed by atoms with Crippen LogP contribution in [0.1, 0.15) is 23.7 Å². The molecule has 6 nitrogen and oxygen atoms in total. The summed E-state index contributed by atoms with van der Waals surface area (Å²) in [6.45, 7) is 4.90. The van der Waals surface area contributed by atoms with Crippen molar-refractivity contribution in [3.63, 3.8) is 0 Å². The first kappa shape index (κ1) is 21.3. The van der Waals surface area contributed by atoms with Crippen molar-refractivity contribution in [1.29, 1.82) is 0 Å². The van der Waals surface area contributed by atoms with Crippen molar-refractivity contribution in [3.05, 3.63) is 52.0 Å². The third kappa shape index (κ3) is 4.95. The summed E-state index contributed by atoms with van der Waals surface area (Å²) in [5, 5.41) is 3.48. The summed E-state index contributed by atoms with van der Waals surface area (Å²) in [7, 11) is 1.45. The zero-order valence-electron chi connectivity index (χ0n) is 16.4. The van der Waals surface area contributed by atoms with Crippen molar-refractivity contribution in [3.8, 4) is 5.75 Å². The summed E-state index contributed by atoms with van der Waals surface area (Å²) in [6, 6.07) is 10.6. The number of halogens is 2. The number of carbonyl (C=O) groups excluding carboxylic acids is 2. The number of methoxy groups -OCH3 is 1. The molecular weight excluding hydrogens is 413 g/mol. The van der Waals surface area contributed by atoms with Gasteiger partial charge in [-0.2, -0.15) is 0 Å². The molecule has 2 aromatic rings. The lowest BCUT2D eigenvalue weighted by Gasteiger charge is -2.36. The van der Waals surface area contributed by atoms with Gasteiger partial charge < -0.3 is 19.9 Å². The Hall–Kier alpha value is -2.44. The first-order valence-electron chi connectivity index (χ1n) is 9.40. The molecule has 0 saturated carbocycles. The van der Waals surface area contributed by atoms with Gasteiger partial charge in [0.05, 0.1) is 17.7 Å². The Kier molecular flexibility index (Phi) is 6.87. The van der Waals surface area contributed by atoms with Crippen LogP contribution in [0.2, 0.25) is 10.0 Å². The average molecular weight is 436 g/mol. The van der Waals surface area contributed by atoms with E-state index in [0.29, 0.717) is 17.1 Å². The average Bonchev–Trinajstić information content (AvgIpc) is 2.73. The number of ether oxygens (including phenoxy) is 1. The van der Waals surface area contributed by atoms with Crippen LogP contribution in [0.4, 0.5) is 11.4 Å². The fourth-order valence-electron chi connectivity index (χ4n) is 3.33. The van der Waals surface area contributed by atoms with E-state index in [-0.39, 0.29) is 28.1 Å². The highest BCUT2D eigenvalue weighted by Gasteiger charge is 2.20. The summed E-state index contributed by atoms with van der Waals surface area (Å²) >= 11 is 12.1. The number of nitrogens with one attached hydrogen (secondary N) is 1. The van der Waals surface area contributed by atoms with E-state index in [0.717, 1.165) is 31.9 Å². The van der Waals surface area contributed by atoms with E-state index in [2.05, 4.69) is 10.2 Å². The first-order chi connectivity index (χ1) is 13.9. The largest absolute Gasteiger partial charge is 0.494 e. The van der Waals surface area contributed by atoms with Gasteiger partial charge in [-0.15, -0.1) is 0 Å². The summed E-state index contributed by atoms with van der Waals surface area (Å²) < 4.78 is 5.24. The summed E-state index contributed by atoms with van der Waals surface area (Å²) in [6.07, 6.45) is 0.539. The minimum Gasteiger partial charge on any atom is -0.494 e. The monoisotopic (exact) mass is 435 g/mol. The van der Waals surface area contributed by atoms with Gasteiger partial charge in [0, 0.05) is 49.0 Å². The highest BCUT2D eigenvalue weighted by molar-refractivity contribution is 6.36. The van der Waals surface area contributed by atoms with Gasteiger partial charge in [0.15, 0.2) is 0 Å². The number of benzene rings is 2. The maximum Gasteiger partial charge on any atom is 0.259 e. The molecule has 0 spiro atoms. The van der Waals surface area contributed by atoms with Crippen LogP contribution in [0.15, 0.2) is 36.4 Å². The van der Waals surface area contributed by atoms with Crippen molar-refractivity contribution >= 4 is 46.4 Å². The molecule has 0 unspecified atom stereocenters. The van der Waals surface area contributed by atoms with E-state index < -0.39 is 0 Å². The molecule has 1 aliphatic heterocycles. The molecule has 154 valence electrons.